The van der Waals surface area contributed by atoms with Crippen LogP contribution in [0.25, 0.3) is 0 Å². The van der Waals surface area contributed by atoms with Crippen LogP contribution in [0.4, 0.5) is 4.39 Å². The lowest BCUT2D eigenvalue weighted by Crippen LogP contribution is -2.51. The molecule has 0 spiro atoms. The smallest absolute Gasteiger partial charge is 0.251 e. The number of benzene rings is 1. The van der Waals surface area contributed by atoms with Crippen LogP contribution in [-0.2, 0) is 9.59 Å². The van der Waals surface area contributed by atoms with Crippen LogP contribution >= 0.6 is 0 Å². The molecule has 0 aromatic heterocycles. The average Bonchev–Trinajstić information content (AvgIpc) is 2.56. The monoisotopic (exact) mass is 351 g/mol. The van der Waals surface area contributed by atoms with Gasteiger partial charge in [0.05, 0.1) is 18.7 Å². The maximum atomic E-state index is 13.2. The molecule has 0 saturated carbocycles. The molecule has 3 amide bonds. The van der Waals surface area contributed by atoms with Crippen LogP contribution in [0.2, 0.25) is 0 Å². The number of rotatable bonds is 5. The molecule has 2 rings (SSSR count). The molecule has 0 aliphatic heterocycles. The Morgan fingerprint density at radius 2 is 1.96 bits per heavy atom. The minimum atomic E-state index is -1.34. The zero-order valence-electron chi connectivity index (χ0n) is 13.1. The van der Waals surface area contributed by atoms with Crippen molar-refractivity contribution in [2.45, 2.75) is 24.7 Å². The van der Waals surface area contributed by atoms with Crippen molar-refractivity contribution in [3.05, 3.63) is 47.3 Å². The highest BCUT2D eigenvalue weighted by Gasteiger charge is 2.33. The van der Waals surface area contributed by atoms with Crippen molar-refractivity contribution in [2.24, 2.45) is 5.73 Å². The number of carbonyl (C=O) groups excluding carboxylic acids is 3. The molecule has 8 nitrogen and oxygen atoms in total. The third-order valence-corrected chi connectivity index (χ3v) is 3.67. The van der Waals surface area contributed by atoms with Gasteiger partial charge in [0.15, 0.2) is 0 Å². The van der Waals surface area contributed by atoms with Gasteiger partial charge < -0.3 is 26.6 Å². The van der Waals surface area contributed by atoms with Crippen molar-refractivity contribution in [2.75, 3.05) is 6.54 Å². The van der Waals surface area contributed by atoms with Crippen molar-refractivity contribution in [1.82, 2.24) is 10.6 Å². The third kappa shape index (κ3) is 4.85. The van der Waals surface area contributed by atoms with E-state index < -0.39 is 41.8 Å². The fraction of sp³-hybridized carbons (Fsp3) is 0.312. The molecule has 3 unspecified atom stereocenters. The summed E-state index contributed by atoms with van der Waals surface area (Å²) in [7, 11) is 0. The summed E-state index contributed by atoms with van der Waals surface area (Å²) in [5.41, 5.74) is 5.05. The molecule has 0 heterocycles. The van der Waals surface area contributed by atoms with Gasteiger partial charge in [-0.2, -0.15) is 0 Å². The Morgan fingerprint density at radius 3 is 2.60 bits per heavy atom. The lowest BCUT2D eigenvalue weighted by atomic mass is 9.90. The summed E-state index contributed by atoms with van der Waals surface area (Å²) in [4.78, 5) is 34.8. The second-order valence-electron chi connectivity index (χ2n) is 5.61. The van der Waals surface area contributed by atoms with Crippen LogP contribution in [0.3, 0.4) is 0 Å². The number of aliphatic hydroxyl groups is 2. The van der Waals surface area contributed by atoms with E-state index in [0.717, 1.165) is 6.07 Å². The van der Waals surface area contributed by atoms with Gasteiger partial charge >= 0.3 is 0 Å². The largest absolute Gasteiger partial charge is 0.390 e. The topological polar surface area (TPSA) is 142 Å². The number of primary amides is 1. The van der Waals surface area contributed by atoms with Crippen LogP contribution in [0.5, 0.6) is 0 Å². The molecule has 0 radical (unpaired) electrons. The van der Waals surface area contributed by atoms with Crippen molar-refractivity contribution < 1.29 is 29.0 Å². The van der Waals surface area contributed by atoms with Gasteiger partial charge in [0, 0.05) is 17.6 Å². The number of amides is 3. The Morgan fingerprint density at radius 1 is 1.24 bits per heavy atom. The summed E-state index contributed by atoms with van der Waals surface area (Å²) in [5.74, 6) is -2.65. The fourth-order valence-electron chi connectivity index (χ4n) is 2.41. The first kappa shape index (κ1) is 18.6. The number of nitrogens with two attached hydrogens (primary N) is 1. The molecule has 3 atom stereocenters. The van der Waals surface area contributed by atoms with Crippen LogP contribution in [-0.4, -0.2) is 52.7 Å². The van der Waals surface area contributed by atoms with Crippen LogP contribution < -0.4 is 16.4 Å². The minimum Gasteiger partial charge on any atom is -0.390 e. The van der Waals surface area contributed by atoms with Gasteiger partial charge in [0.25, 0.3) is 5.91 Å². The van der Waals surface area contributed by atoms with E-state index in [9.17, 15) is 29.0 Å². The molecule has 1 aliphatic rings. The normalized spacial score (nSPS) is 22.7. The Labute approximate surface area is 142 Å². The molecule has 0 fully saturated rings. The number of hydrogen-bond acceptors (Lipinski definition) is 5. The lowest BCUT2D eigenvalue weighted by Gasteiger charge is -2.31. The van der Waals surface area contributed by atoms with E-state index in [1.54, 1.807) is 0 Å². The molecule has 25 heavy (non-hydrogen) atoms. The quantitative estimate of drug-likeness (QED) is 0.442. The summed E-state index contributed by atoms with van der Waals surface area (Å²) in [6.07, 6.45) is -1.51. The van der Waals surface area contributed by atoms with Gasteiger partial charge in [-0.25, -0.2) is 4.39 Å². The zero-order chi connectivity index (χ0) is 18.6. The van der Waals surface area contributed by atoms with E-state index in [1.165, 1.54) is 24.3 Å². The predicted molar refractivity (Wildman–Crippen MR) is 84.6 cm³/mol. The van der Waals surface area contributed by atoms with Crippen molar-refractivity contribution in [1.29, 1.82) is 0 Å². The number of hydrogen-bond donors (Lipinski definition) is 5. The molecule has 134 valence electrons. The SMILES string of the molecule is NC(=O)CNC(=O)C1=CC(NC(=O)c2cccc(F)c2)C(O)C(O)C1. The van der Waals surface area contributed by atoms with Gasteiger partial charge in [-0.15, -0.1) is 0 Å². The molecular formula is C16H18FN3O5. The number of carbonyl (C=O) groups is 3. The molecule has 1 aromatic carbocycles. The molecule has 1 aromatic rings. The summed E-state index contributed by atoms with van der Waals surface area (Å²) in [6, 6.07) is 3.87. The van der Waals surface area contributed by atoms with Crippen molar-refractivity contribution in [3.63, 3.8) is 0 Å². The van der Waals surface area contributed by atoms with Crippen LogP contribution in [0, 0.1) is 5.82 Å². The second-order valence-corrected chi connectivity index (χ2v) is 5.61. The first-order valence-electron chi connectivity index (χ1n) is 7.47. The highest BCUT2D eigenvalue weighted by atomic mass is 19.1. The molecule has 6 N–H and O–H groups in total. The van der Waals surface area contributed by atoms with Crippen LogP contribution in [0.15, 0.2) is 35.9 Å². The first-order chi connectivity index (χ1) is 11.8. The van der Waals surface area contributed by atoms with Gasteiger partial charge in [0.1, 0.15) is 11.9 Å². The van der Waals surface area contributed by atoms with Gasteiger partial charge in [-0.3, -0.25) is 14.4 Å². The summed E-state index contributed by atoms with van der Waals surface area (Å²) >= 11 is 0. The maximum Gasteiger partial charge on any atom is 0.251 e. The van der Waals surface area contributed by atoms with E-state index in [1.807, 2.05) is 0 Å². The summed E-state index contributed by atoms with van der Waals surface area (Å²) < 4.78 is 13.2. The molecule has 0 bridgehead atoms. The third-order valence-electron chi connectivity index (χ3n) is 3.67. The van der Waals surface area contributed by atoms with E-state index in [4.69, 9.17) is 5.73 Å². The Kier molecular flexibility index (Phi) is 5.84. The highest BCUT2D eigenvalue weighted by Crippen LogP contribution is 2.20. The fourth-order valence-corrected chi connectivity index (χ4v) is 2.41. The van der Waals surface area contributed by atoms with Gasteiger partial charge in [-0.05, 0) is 18.2 Å². The van der Waals surface area contributed by atoms with Crippen LogP contribution in [0.1, 0.15) is 16.8 Å². The van der Waals surface area contributed by atoms with E-state index in [2.05, 4.69) is 10.6 Å². The van der Waals surface area contributed by atoms with Crippen molar-refractivity contribution >= 4 is 17.7 Å². The lowest BCUT2D eigenvalue weighted by molar-refractivity contribution is -0.123. The van der Waals surface area contributed by atoms with Gasteiger partial charge in [-0.1, -0.05) is 12.1 Å². The predicted octanol–water partition coefficient (Wildman–Crippen LogP) is -1.42. The number of halogens is 1. The van der Waals surface area contributed by atoms with E-state index >= 15 is 0 Å². The zero-order valence-corrected chi connectivity index (χ0v) is 13.1. The maximum absolute atomic E-state index is 13.2. The molecule has 9 heteroatoms. The average molecular weight is 351 g/mol. The molecule has 0 saturated heterocycles. The Balaban J connectivity index is 2.13. The molecular weight excluding hydrogens is 333 g/mol. The number of aliphatic hydroxyl groups excluding tert-OH is 2. The molecule has 1 aliphatic carbocycles. The minimum absolute atomic E-state index is 0.0281. The Hall–Kier alpha value is -2.78. The first-order valence-corrected chi connectivity index (χ1v) is 7.47. The highest BCUT2D eigenvalue weighted by molar-refractivity contribution is 5.97. The Bertz CT molecular complexity index is 721. The van der Waals surface area contributed by atoms with E-state index in [-0.39, 0.29) is 24.1 Å². The summed E-state index contributed by atoms with van der Waals surface area (Å²) in [5, 5.41) is 24.6. The van der Waals surface area contributed by atoms with Gasteiger partial charge in [0.2, 0.25) is 11.8 Å². The standard InChI is InChI=1S/C16H18FN3O5/c17-10-3-1-2-8(4-10)16(25)20-11-5-9(6-12(21)14(11)23)15(24)19-7-13(18)22/h1-5,11-12,14,21,23H,6-7H2,(H2,18,22)(H,19,24)(H,20,25). The second kappa shape index (κ2) is 7.86. The summed E-state index contributed by atoms with van der Waals surface area (Å²) in [6.45, 7) is -0.380. The number of nitrogens with one attached hydrogen (secondary N) is 2. The van der Waals surface area contributed by atoms with E-state index in [0.29, 0.717) is 0 Å². The van der Waals surface area contributed by atoms with Crippen molar-refractivity contribution in [3.8, 4) is 0 Å².